The fraction of sp³-hybridized carbons (Fsp3) is 0.667. The Bertz CT molecular complexity index is 491. The van der Waals surface area contributed by atoms with Crippen molar-refractivity contribution in [3.05, 3.63) is 22.2 Å². The van der Waals surface area contributed by atoms with Crippen LogP contribution in [0, 0.1) is 12.8 Å². The van der Waals surface area contributed by atoms with E-state index < -0.39 is 5.56 Å². The highest BCUT2D eigenvalue weighted by molar-refractivity contribution is 5.79. The van der Waals surface area contributed by atoms with Crippen LogP contribution in [-0.2, 0) is 0 Å². The summed E-state index contributed by atoms with van der Waals surface area (Å²) < 4.78 is 5.90. The summed E-state index contributed by atoms with van der Waals surface area (Å²) in [5, 5.41) is 0. The summed E-state index contributed by atoms with van der Waals surface area (Å²) in [7, 11) is 0. The lowest BCUT2D eigenvalue weighted by Crippen LogP contribution is -2.48. The maximum Gasteiger partial charge on any atom is 0.290 e. The lowest BCUT2D eigenvalue weighted by molar-refractivity contribution is 0.0669. The standard InChI is InChI=1S/C12H19N3O3/c1-8-6-14(4-3-10(8)13)7-12(17)15-11(16)5-9(2)18-15/h5,8,10H,3-4,6-7,13H2,1-2H3. The molecule has 2 rings (SSSR count). The fourth-order valence-corrected chi connectivity index (χ4v) is 2.27. The summed E-state index contributed by atoms with van der Waals surface area (Å²) in [5.41, 5.74) is 5.52. The van der Waals surface area contributed by atoms with Crippen molar-refractivity contribution >= 4 is 5.91 Å². The van der Waals surface area contributed by atoms with Crippen molar-refractivity contribution in [2.24, 2.45) is 11.7 Å². The Kier molecular flexibility index (Phi) is 3.68. The van der Waals surface area contributed by atoms with Crippen molar-refractivity contribution in [3.8, 4) is 0 Å². The van der Waals surface area contributed by atoms with Gasteiger partial charge in [-0.05, 0) is 19.3 Å². The van der Waals surface area contributed by atoms with Gasteiger partial charge < -0.3 is 10.3 Å². The quantitative estimate of drug-likeness (QED) is 0.806. The van der Waals surface area contributed by atoms with E-state index in [9.17, 15) is 9.59 Å². The molecule has 18 heavy (non-hydrogen) atoms. The molecule has 2 N–H and O–H groups in total. The highest BCUT2D eigenvalue weighted by Gasteiger charge is 2.25. The van der Waals surface area contributed by atoms with Crippen molar-refractivity contribution < 1.29 is 9.32 Å². The molecule has 1 aliphatic rings. The van der Waals surface area contributed by atoms with E-state index in [4.69, 9.17) is 10.3 Å². The second-order valence-corrected chi connectivity index (χ2v) is 5.04. The number of nitrogens with zero attached hydrogens (tertiary/aromatic N) is 2. The van der Waals surface area contributed by atoms with Crippen LogP contribution in [0.5, 0.6) is 0 Å². The van der Waals surface area contributed by atoms with Gasteiger partial charge in [-0.2, -0.15) is 0 Å². The molecule has 2 unspecified atom stereocenters. The Morgan fingerprint density at radius 2 is 2.33 bits per heavy atom. The summed E-state index contributed by atoms with van der Waals surface area (Å²) in [6, 6.07) is 1.51. The number of nitrogens with two attached hydrogens (primary N) is 1. The number of likely N-dealkylation sites (tertiary alicyclic amines) is 1. The second kappa shape index (κ2) is 5.07. The lowest BCUT2D eigenvalue weighted by atomic mass is 9.95. The minimum atomic E-state index is -0.403. The molecule has 1 fully saturated rings. The molecule has 6 nitrogen and oxygen atoms in total. The van der Waals surface area contributed by atoms with E-state index in [1.54, 1.807) is 6.92 Å². The topological polar surface area (TPSA) is 81.5 Å². The van der Waals surface area contributed by atoms with Crippen LogP contribution in [0.15, 0.2) is 15.4 Å². The molecular formula is C12H19N3O3. The molecule has 2 atom stereocenters. The summed E-state index contributed by atoms with van der Waals surface area (Å²) >= 11 is 0. The molecule has 0 aliphatic carbocycles. The number of aryl methyl sites for hydroxylation is 1. The first-order valence-corrected chi connectivity index (χ1v) is 6.18. The molecule has 1 aromatic heterocycles. The van der Waals surface area contributed by atoms with E-state index in [2.05, 4.69) is 6.92 Å². The van der Waals surface area contributed by atoms with E-state index in [1.165, 1.54) is 6.07 Å². The average Bonchev–Trinajstić information content (AvgIpc) is 2.63. The minimum Gasteiger partial charge on any atom is -0.373 e. The molecule has 1 aliphatic heterocycles. The largest absolute Gasteiger partial charge is 0.373 e. The number of rotatable bonds is 2. The number of aromatic nitrogens is 1. The molecule has 2 heterocycles. The van der Waals surface area contributed by atoms with Crippen LogP contribution in [-0.4, -0.2) is 41.2 Å². The van der Waals surface area contributed by atoms with Gasteiger partial charge in [0.1, 0.15) is 5.76 Å². The number of hydrogen-bond acceptors (Lipinski definition) is 5. The number of carbonyl (C=O) groups excluding carboxylic acids is 1. The first-order valence-electron chi connectivity index (χ1n) is 6.18. The highest BCUT2D eigenvalue weighted by Crippen LogP contribution is 2.14. The molecule has 1 saturated heterocycles. The van der Waals surface area contributed by atoms with Crippen molar-refractivity contribution in [2.75, 3.05) is 19.6 Å². The normalized spacial score (nSPS) is 25.3. The lowest BCUT2D eigenvalue weighted by Gasteiger charge is -2.34. The summed E-state index contributed by atoms with van der Waals surface area (Å²) in [6.45, 7) is 5.48. The third-order valence-corrected chi connectivity index (χ3v) is 3.40. The minimum absolute atomic E-state index is 0.198. The molecule has 1 aromatic rings. The molecule has 0 saturated carbocycles. The van der Waals surface area contributed by atoms with Gasteiger partial charge in [-0.15, -0.1) is 4.74 Å². The van der Waals surface area contributed by atoms with Crippen LogP contribution in [0.1, 0.15) is 23.9 Å². The van der Waals surface area contributed by atoms with Crippen LogP contribution in [0.3, 0.4) is 0 Å². The van der Waals surface area contributed by atoms with Crippen molar-refractivity contribution in [3.63, 3.8) is 0 Å². The van der Waals surface area contributed by atoms with Crippen LogP contribution < -0.4 is 11.3 Å². The van der Waals surface area contributed by atoms with Crippen LogP contribution in [0.25, 0.3) is 0 Å². The maximum absolute atomic E-state index is 11.9. The Labute approximate surface area is 105 Å². The molecule has 0 aromatic carbocycles. The van der Waals surface area contributed by atoms with Crippen molar-refractivity contribution in [1.29, 1.82) is 0 Å². The Balaban J connectivity index is 2.00. The van der Waals surface area contributed by atoms with Gasteiger partial charge in [0.2, 0.25) is 0 Å². The van der Waals surface area contributed by atoms with Crippen LogP contribution in [0.2, 0.25) is 0 Å². The molecular weight excluding hydrogens is 234 g/mol. The molecule has 6 heteroatoms. The zero-order valence-corrected chi connectivity index (χ0v) is 10.8. The van der Waals surface area contributed by atoms with Gasteiger partial charge in [-0.25, -0.2) is 0 Å². The number of piperidine rings is 1. The Morgan fingerprint density at radius 3 is 2.89 bits per heavy atom. The number of hydrogen-bond donors (Lipinski definition) is 1. The Morgan fingerprint density at radius 1 is 1.61 bits per heavy atom. The van der Waals surface area contributed by atoms with E-state index >= 15 is 0 Å². The number of carbonyl (C=O) groups is 1. The third kappa shape index (κ3) is 2.70. The Hall–Kier alpha value is -1.40. The van der Waals surface area contributed by atoms with Gasteiger partial charge in [0, 0.05) is 25.2 Å². The van der Waals surface area contributed by atoms with Gasteiger partial charge in [-0.3, -0.25) is 14.5 Å². The van der Waals surface area contributed by atoms with E-state index in [0.717, 1.165) is 24.3 Å². The molecule has 0 amide bonds. The SMILES string of the molecule is Cc1cc(=O)n(C(=O)CN2CCC(N)C(C)C2)o1. The van der Waals surface area contributed by atoms with Gasteiger partial charge in [-0.1, -0.05) is 6.92 Å². The first-order chi connectivity index (χ1) is 8.47. The van der Waals surface area contributed by atoms with Crippen molar-refractivity contribution in [1.82, 2.24) is 9.64 Å². The van der Waals surface area contributed by atoms with Gasteiger partial charge in [0.25, 0.3) is 11.5 Å². The summed E-state index contributed by atoms with van der Waals surface area (Å²) in [5.74, 6) is 0.486. The summed E-state index contributed by atoms with van der Waals surface area (Å²) in [4.78, 5) is 25.4. The summed E-state index contributed by atoms with van der Waals surface area (Å²) in [6.07, 6.45) is 0.876. The van der Waals surface area contributed by atoms with E-state index in [-0.39, 0.29) is 18.5 Å². The zero-order valence-electron chi connectivity index (χ0n) is 10.8. The average molecular weight is 253 g/mol. The molecule has 0 bridgehead atoms. The molecule has 0 spiro atoms. The third-order valence-electron chi connectivity index (χ3n) is 3.40. The fourth-order valence-electron chi connectivity index (χ4n) is 2.27. The highest BCUT2D eigenvalue weighted by atomic mass is 16.5. The van der Waals surface area contributed by atoms with Crippen LogP contribution in [0.4, 0.5) is 0 Å². The van der Waals surface area contributed by atoms with Crippen molar-refractivity contribution in [2.45, 2.75) is 26.3 Å². The second-order valence-electron chi connectivity index (χ2n) is 5.04. The van der Waals surface area contributed by atoms with Gasteiger partial charge >= 0.3 is 0 Å². The van der Waals surface area contributed by atoms with E-state index in [1.807, 2.05) is 4.90 Å². The van der Waals surface area contributed by atoms with Crippen LogP contribution >= 0.6 is 0 Å². The van der Waals surface area contributed by atoms with Gasteiger partial charge in [0.15, 0.2) is 0 Å². The smallest absolute Gasteiger partial charge is 0.290 e. The predicted octanol–water partition coefficient (Wildman–Crippen LogP) is 0.0590. The monoisotopic (exact) mass is 253 g/mol. The molecule has 100 valence electrons. The predicted molar refractivity (Wildman–Crippen MR) is 66.5 cm³/mol. The first kappa shape index (κ1) is 13.0. The van der Waals surface area contributed by atoms with Gasteiger partial charge in [0.05, 0.1) is 6.54 Å². The maximum atomic E-state index is 11.9. The molecule has 0 radical (unpaired) electrons. The van der Waals surface area contributed by atoms with E-state index in [0.29, 0.717) is 11.7 Å². The zero-order chi connectivity index (χ0) is 13.3.